The molecule has 1 aliphatic carbocycles. The molecule has 0 unspecified atom stereocenters. The standard InChI is InChI=1S/C14H20ClNO4S/c1-14(2,3)6-7-20-13(17)12-8-11(21(15,18)19)9-16(12)10-4-5-10/h8-10H,4-7H2,1-3H3. The van der Waals surface area contributed by atoms with Crippen molar-refractivity contribution in [3.63, 3.8) is 0 Å². The van der Waals surface area contributed by atoms with Crippen LogP contribution in [0.2, 0.25) is 0 Å². The Morgan fingerprint density at radius 1 is 1.43 bits per heavy atom. The van der Waals surface area contributed by atoms with Crippen molar-refractivity contribution in [3.05, 3.63) is 18.0 Å². The van der Waals surface area contributed by atoms with Crippen LogP contribution < -0.4 is 0 Å². The molecule has 0 atom stereocenters. The zero-order chi connectivity index (χ0) is 15.8. The summed E-state index contributed by atoms with van der Waals surface area (Å²) in [7, 11) is 1.50. The molecule has 0 radical (unpaired) electrons. The van der Waals surface area contributed by atoms with Gasteiger partial charge in [0, 0.05) is 22.9 Å². The van der Waals surface area contributed by atoms with Crippen LogP contribution in [0.25, 0.3) is 0 Å². The first kappa shape index (κ1) is 16.4. The summed E-state index contributed by atoms with van der Waals surface area (Å²) in [5.41, 5.74) is 0.328. The summed E-state index contributed by atoms with van der Waals surface area (Å²) in [6, 6.07) is 1.46. The Kier molecular flexibility index (Phi) is 4.40. The predicted molar refractivity (Wildman–Crippen MR) is 80.1 cm³/mol. The summed E-state index contributed by atoms with van der Waals surface area (Å²) in [4.78, 5) is 12.1. The van der Waals surface area contributed by atoms with Crippen molar-refractivity contribution in [2.45, 2.75) is 51.0 Å². The first-order chi connectivity index (χ1) is 9.58. The van der Waals surface area contributed by atoms with Crippen LogP contribution in [0.3, 0.4) is 0 Å². The fourth-order valence-corrected chi connectivity index (χ4v) is 2.67. The highest BCUT2D eigenvalue weighted by Crippen LogP contribution is 2.38. The first-order valence-corrected chi connectivity index (χ1v) is 9.22. The van der Waals surface area contributed by atoms with Crippen LogP contribution in [-0.4, -0.2) is 25.6 Å². The monoisotopic (exact) mass is 333 g/mol. The van der Waals surface area contributed by atoms with Gasteiger partial charge < -0.3 is 9.30 Å². The van der Waals surface area contributed by atoms with Gasteiger partial charge in [-0.05, 0) is 30.7 Å². The molecule has 118 valence electrons. The van der Waals surface area contributed by atoms with E-state index >= 15 is 0 Å². The zero-order valence-corrected chi connectivity index (χ0v) is 14.0. The van der Waals surface area contributed by atoms with E-state index in [0.29, 0.717) is 6.61 Å². The topological polar surface area (TPSA) is 65.4 Å². The van der Waals surface area contributed by atoms with Gasteiger partial charge in [0.05, 0.1) is 6.61 Å². The molecule has 0 amide bonds. The molecule has 0 aromatic carbocycles. The molecule has 0 saturated heterocycles. The molecule has 2 rings (SSSR count). The Balaban J connectivity index is 2.14. The zero-order valence-electron chi connectivity index (χ0n) is 12.4. The van der Waals surface area contributed by atoms with E-state index in [0.717, 1.165) is 19.3 Å². The van der Waals surface area contributed by atoms with E-state index in [1.807, 2.05) is 0 Å². The fraction of sp³-hybridized carbons (Fsp3) is 0.643. The van der Waals surface area contributed by atoms with E-state index in [1.165, 1.54) is 12.3 Å². The highest BCUT2D eigenvalue weighted by Gasteiger charge is 2.30. The van der Waals surface area contributed by atoms with E-state index < -0.39 is 15.0 Å². The summed E-state index contributed by atoms with van der Waals surface area (Å²) >= 11 is 0. The number of hydrogen-bond donors (Lipinski definition) is 0. The van der Waals surface area contributed by atoms with Crippen molar-refractivity contribution >= 4 is 25.7 Å². The quantitative estimate of drug-likeness (QED) is 0.612. The Hall–Kier alpha value is -1.01. The van der Waals surface area contributed by atoms with Gasteiger partial charge in [-0.25, -0.2) is 13.2 Å². The molecular weight excluding hydrogens is 314 g/mol. The highest BCUT2D eigenvalue weighted by molar-refractivity contribution is 8.13. The molecule has 5 nitrogen and oxygen atoms in total. The molecular formula is C14H20ClNO4S. The second-order valence-electron chi connectivity index (χ2n) is 6.58. The maximum Gasteiger partial charge on any atom is 0.354 e. The lowest BCUT2D eigenvalue weighted by Crippen LogP contribution is -2.15. The van der Waals surface area contributed by atoms with E-state index in [4.69, 9.17) is 15.4 Å². The number of halogens is 1. The van der Waals surface area contributed by atoms with Crippen LogP contribution in [0.1, 0.15) is 56.6 Å². The number of hydrogen-bond acceptors (Lipinski definition) is 4. The molecule has 0 N–H and O–H groups in total. The van der Waals surface area contributed by atoms with Crippen molar-refractivity contribution in [1.29, 1.82) is 0 Å². The van der Waals surface area contributed by atoms with Gasteiger partial charge in [-0.1, -0.05) is 20.8 Å². The van der Waals surface area contributed by atoms with Crippen LogP contribution in [0.15, 0.2) is 17.2 Å². The van der Waals surface area contributed by atoms with Gasteiger partial charge >= 0.3 is 5.97 Å². The summed E-state index contributed by atoms with van der Waals surface area (Å²) in [6.45, 7) is 6.49. The number of rotatable bonds is 5. The summed E-state index contributed by atoms with van der Waals surface area (Å²) in [6.07, 6.45) is 4.02. The lowest BCUT2D eigenvalue weighted by Gasteiger charge is -2.17. The minimum Gasteiger partial charge on any atom is -0.461 e. The van der Waals surface area contributed by atoms with Crippen molar-refractivity contribution in [3.8, 4) is 0 Å². The van der Waals surface area contributed by atoms with Gasteiger partial charge in [-0.2, -0.15) is 0 Å². The smallest absolute Gasteiger partial charge is 0.354 e. The molecule has 1 fully saturated rings. The van der Waals surface area contributed by atoms with Gasteiger partial charge in [-0.3, -0.25) is 0 Å². The maximum absolute atomic E-state index is 12.1. The second-order valence-corrected chi connectivity index (χ2v) is 9.15. The van der Waals surface area contributed by atoms with Crippen LogP contribution >= 0.6 is 10.7 Å². The molecule has 1 aromatic heterocycles. The maximum atomic E-state index is 12.1. The summed E-state index contributed by atoms with van der Waals surface area (Å²) in [5, 5.41) is 0. The number of ether oxygens (including phenoxy) is 1. The number of esters is 1. The molecule has 0 aliphatic heterocycles. The molecule has 1 aliphatic rings. The van der Waals surface area contributed by atoms with Gasteiger partial charge in [0.25, 0.3) is 9.05 Å². The highest BCUT2D eigenvalue weighted by atomic mass is 35.7. The average Bonchev–Trinajstić information content (AvgIpc) is 3.04. The van der Waals surface area contributed by atoms with Crippen molar-refractivity contribution in [2.24, 2.45) is 5.41 Å². The van der Waals surface area contributed by atoms with Crippen LogP contribution in [0, 0.1) is 5.41 Å². The van der Waals surface area contributed by atoms with E-state index in [9.17, 15) is 13.2 Å². The van der Waals surface area contributed by atoms with Crippen molar-refractivity contribution in [1.82, 2.24) is 4.57 Å². The Labute approximate surface area is 129 Å². The van der Waals surface area contributed by atoms with Gasteiger partial charge in [0.1, 0.15) is 10.6 Å². The Morgan fingerprint density at radius 2 is 2.05 bits per heavy atom. The molecule has 21 heavy (non-hydrogen) atoms. The third kappa shape index (κ3) is 4.48. The van der Waals surface area contributed by atoms with Crippen molar-refractivity contribution in [2.75, 3.05) is 6.61 Å². The van der Waals surface area contributed by atoms with Gasteiger partial charge in [-0.15, -0.1) is 0 Å². The number of carbonyl (C=O) groups is 1. The SMILES string of the molecule is CC(C)(C)CCOC(=O)c1cc(S(=O)(=O)Cl)cn1C1CC1. The lowest BCUT2D eigenvalue weighted by atomic mass is 9.93. The minimum absolute atomic E-state index is 0.0566. The Bertz CT molecular complexity index is 638. The minimum atomic E-state index is -3.84. The van der Waals surface area contributed by atoms with E-state index in [-0.39, 0.29) is 22.0 Å². The first-order valence-electron chi connectivity index (χ1n) is 6.91. The third-order valence-corrected chi connectivity index (χ3v) is 4.66. The van der Waals surface area contributed by atoms with E-state index in [1.54, 1.807) is 4.57 Å². The van der Waals surface area contributed by atoms with Crippen LogP contribution in [0.5, 0.6) is 0 Å². The summed E-state index contributed by atoms with van der Waals surface area (Å²) < 4.78 is 29.7. The predicted octanol–water partition coefficient (Wildman–Crippen LogP) is 3.34. The van der Waals surface area contributed by atoms with Gasteiger partial charge in [0.15, 0.2) is 0 Å². The van der Waals surface area contributed by atoms with Crippen molar-refractivity contribution < 1.29 is 17.9 Å². The molecule has 0 spiro atoms. The Morgan fingerprint density at radius 3 is 2.52 bits per heavy atom. The number of nitrogens with zero attached hydrogens (tertiary/aromatic N) is 1. The molecule has 1 saturated carbocycles. The number of carbonyl (C=O) groups excluding carboxylic acids is 1. The average molecular weight is 334 g/mol. The lowest BCUT2D eigenvalue weighted by molar-refractivity contribution is 0.0452. The fourth-order valence-electron chi connectivity index (χ4n) is 1.93. The largest absolute Gasteiger partial charge is 0.461 e. The number of aromatic nitrogens is 1. The summed E-state index contributed by atoms with van der Waals surface area (Å²) in [5.74, 6) is -0.502. The van der Waals surface area contributed by atoms with Crippen LogP contribution in [0.4, 0.5) is 0 Å². The molecule has 0 bridgehead atoms. The molecule has 7 heteroatoms. The third-order valence-electron chi connectivity index (χ3n) is 3.34. The normalized spacial score (nSPS) is 16.0. The molecule has 1 aromatic rings. The second kappa shape index (κ2) is 5.65. The molecule has 1 heterocycles. The van der Waals surface area contributed by atoms with Gasteiger partial charge in [0.2, 0.25) is 0 Å². The van der Waals surface area contributed by atoms with Crippen LogP contribution in [-0.2, 0) is 13.8 Å². The van der Waals surface area contributed by atoms with E-state index in [2.05, 4.69) is 20.8 Å².